The number of nitrogens with one attached hydrogen (secondary N) is 1. The number of hydrogen-bond donors (Lipinski definition) is 4. The summed E-state index contributed by atoms with van der Waals surface area (Å²) in [6.45, 7) is -0.563. The molecule has 0 aliphatic rings. The van der Waals surface area contributed by atoms with Gasteiger partial charge in [0.05, 0.1) is 5.69 Å². The molecule has 0 aliphatic carbocycles. The zero-order valence-electron chi connectivity index (χ0n) is 6.88. The lowest BCUT2D eigenvalue weighted by Gasteiger charge is -2.05. The van der Waals surface area contributed by atoms with Gasteiger partial charge in [-0.25, -0.2) is 4.57 Å². The summed E-state index contributed by atoms with van der Waals surface area (Å²) in [5, 5.41) is 9.12. The van der Waals surface area contributed by atoms with Crippen molar-refractivity contribution in [3.05, 3.63) is 28.2 Å². The topological polar surface area (TPSA) is 120 Å². The molecule has 0 aliphatic heterocycles. The van der Waals surface area contributed by atoms with Crippen LogP contribution in [0.5, 0.6) is 5.75 Å². The van der Waals surface area contributed by atoms with E-state index in [4.69, 9.17) is 14.9 Å². The van der Waals surface area contributed by atoms with Crippen LogP contribution >= 0.6 is 7.82 Å². The van der Waals surface area contributed by atoms with Gasteiger partial charge in [0, 0.05) is 12.3 Å². The zero-order valence-corrected chi connectivity index (χ0v) is 7.77. The van der Waals surface area contributed by atoms with Gasteiger partial charge in [0.15, 0.2) is 5.75 Å². The first-order chi connectivity index (χ1) is 6.40. The highest BCUT2D eigenvalue weighted by atomic mass is 31.2. The molecular weight excluding hydrogens is 213 g/mol. The van der Waals surface area contributed by atoms with Gasteiger partial charge in [0.2, 0.25) is 5.43 Å². The van der Waals surface area contributed by atoms with E-state index in [1.807, 2.05) is 0 Å². The largest absolute Gasteiger partial charge is 0.503 e. The van der Waals surface area contributed by atoms with E-state index in [1.165, 1.54) is 6.20 Å². The van der Waals surface area contributed by atoms with E-state index in [1.54, 1.807) is 0 Å². The molecule has 1 aromatic heterocycles. The molecule has 0 fully saturated rings. The molecule has 1 aromatic rings. The monoisotopic (exact) mass is 221 g/mol. The summed E-state index contributed by atoms with van der Waals surface area (Å²) in [5.41, 5.74) is -0.728. The van der Waals surface area contributed by atoms with Gasteiger partial charge in [0.1, 0.15) is 6.61 Å². The first kappa shape index (κ1) is 10.9. The highest BCUT2D eigenvalue weighted by molar-refractivity contribution is 7.46. The van der Waals surface area contributed by atoms with Crippen molar-refractivity contribution in [3.63, 3.8) is 0 Å². The lowest BCUT2D eigenvalue weighted by molar-refractivity contribution is 0.185. The van der Waals surface area contributed by atoms with Gasteiger partial charge in [-0.2, -0.15) is 0 Å². The van der Waals surface area contributed by atoms with Gasteiger partial charge in [-0.15, -0.1) is 0 Å². The van der Waals surface area contributed by atoms with Crippen molar-refractivity contribution in [1.82, 2.24) is 4.98 Å². The molecule has 7 nitrogen and oxygen atoms in total. The van der Waals surface area contributed by atoms with E-state index in [0.29, 0.717) is 0 Å². The lowest BCUT2D eigenvalue weighted by atomic mass is 10.3. The number of phosphoric acid groups is 1. The van der Waals surface area contributed by atoms with E-state index in [9.17, 15) is 9.36 Å². The van der Waals surface area contributed by atoms with Crippen molar-refractivity contribution in [1.29, 1.82) is 0 Å². The van der Waals surface area contributed by atoms with Crippen LogP contribution in [0.25, 0.3) is 0 Å². The number of hydrogen-bond acceptors (Lipinski definition) is 4. The first-order valence-electron chi connectivity index (χ1n) is 3.50. The smallest absolute Gasteiger partial charge is 0.469 e. The third kappa shape index (κ3) is 2.97. The van der Waals surface area contributed by atoms with E-state index in [0.717, 1.165) is 6.07 Å². The summed E-state index contributed by atoms with van der Waals surface area (Å²) in [4.78, 5) is 30.0. The Hall–Kier alpha value is -1.14. The summed E-state index contributed by atoms with van der Waals surface area (Å²) >= 11 is 0. The van der Waals surface area contributed by atoms with Crippen molar-refractivity contribution in [3.8, 4) is 5.75 Å². The minimum Gasteiger partial charge on any atom is -0.503 e. The van der Waals surface area contributed by atoms with Crippen LogP contribution in [0.3, 0.4) is 0 Å². The van der Waals surface area contributed by atoms with Crippen molar-refractivity contribution < 1.29 is 24.0 Å². The normalized spacial score (nSPS) is 11.6. The van der Waals surface area contributed by atoms with Crippen LogP contribution in [0.1, 0.15) is 5.69 Å². The average Bonchev–Trinajstić information content (AvgIpc) is 2.06. The van der Waals surface area contributed by atoms with Crippen LogP contribution in [-0.2, 0) is 15.7 Å². The zero-order chi connectivity index (χ0) is 10.8. The average molecular weight is 221 g/mol. The number of rotatable bonds is 3. The number of phosphoric ester groups is 1. The van der Waals surface area contributed by atoms with E-state index in [-0.39, 0.29) is 5.69 Å². The Morgan fingerprint density at radius 1 is 1.50 bits per heavy atom. The highest BCUT2D eigenvalue weighted by Crippen LogP contribution is 2.37. The molecule has 0 amide bonds. The minimum atomic E-state index is -4.60. The van der Waals surface area contributed by atoms with Gasteiger partial charge in [-0.3, -0.25) is 9.32 Å². The van der Waals surface area contributed by atoms with E-state index >= 15 is 0 Å². The highest BCUT2D eigenvalue weighted by Gasteiger charge is 2.15. The van der Waals surface area contributed by atoms with Gasteiger partial charge in [-0.1, -0.05) is 0 Å². The fourth-order valence-corrected chi connectivity index (χ4v) is 1.07. The molecule has 0 saturated heterocycles. The minimum absolute atomic E-state index is 0.0826. The molecule has 0 saturated carbocycles. The van der Waals surface area contributed by atoms with Gasteiger partial charge < -0.3 is 19.9 Å². The summed E-state index contributed by atoms with van der Waals surface area (Å²) in [6, 6.07) is 1.08. The Morgan fingerprint density at radius 2 is 2.14 bits per heavy atom. The fourth-order valence-electron chi connectivity index (χ4n) is 0.773. The molecule has 0 bridgehead atoms. The Balaban J connectivity index is 2.83. The Morgan fingerprint density at radius 3 is 2.71 bits per heavy atom. The predicted octanol–water partition coefficient (Wildman–Crippen LogP) is -0.310. The number of aromatic amines is 1. The molecule has 1 heterocycles. The SMILES string of the molecule is O=c1cc[nH]c(COP(=O)(O)O)c1O. The molecule has 4 N–H and O–H groups in total. The fraction of sp³-hybridized carbons (Fsp3) is 0.167. The van der Waals surface area contributed by atoms with Crippen LogP contribution in [0.4, 0.5) is 0 Å². The Kier molecular flexibility index (Phi) is 3.07. The van der Waals surface area contributed by atoms with Crippen LogP contribution in [0.15, 0.2) is 17.1 Å². The maximum Gasteiger partial charge on any atom is 0.469 e. The summed E-state index contributed by atoms with van der Waals surface area (Å²) in [7, 11) is -4.60. The second-order valence-electron chi connectivity index (χ2n) is 2.43. The number of pyridine rings is 1. The molecule has 0 radical (unpaired) electrons. The van der Waals surface area contributed by atoms with Crippen LogP contribution < -0.4 is 5.43 Å². The molecule has 0 aromatic carbocycles. The Bertz CT molecular complexity index is 421. The van der Waals surface area contributed by atoms with Crippen LogP contribution in [-0.4, -0.2) is 19.9 Å². The summed E-state index contributed by atoms with van der Waals surface area (Å²) in [6.07, 6.45) is 1.24. The number of aromatic nitrogens is 1. The molecule has 1 rings (SSSR count). The quantitative estimate of drug-likeness (QED) is 0.519. The van der Waals surface area contributed by atoms with E-state index < -0.39 is 25.6 Å². The molecule has 0 spiro atoms. The predicted molar refractivity (Wildman–Crippen MR) is 45.6 cm³/mol. The van der Waals surface area contributed by atoms with Crippen LogP contribution in [0.2, 0.25) is 0 Å². The first-order valence-corrected chi connectivity index (χ1v) is 5.03. The summed E-state index contributed by atoms with van der Waals surface area (Å²) < 4.78 is 14.4. The van der Waals surface area contributed by atoms with Crippen molar-refractivity contribution in [2.24, 2.45) is 0 Å². The molecule has 8 heteroatoms. The number of aromatic hydroxyl groups is 1. The van der Waals surface area contributed by atoms with Crippen molar-refractivity contribution in [2.75, 3.05) is 0 Å². The third-order valence-electron chi connectivity index (χ3n) is 1.39. The second kappa shape index (κ2) is 3.93. The van der Waals surface area contributed by atoms with Crippen molar-refractivity contribution in [2.45, 2.75) is 6.61 Å². The third-order valence-corrected chi connectivity index (χ3v) is 1.85. The standard InChI is InChI=1S/C6H8NO6P/c8-5-1-2-7-4(6(5)9)3-13-14(10,11)12/h1-2,9H,3H2,(H,7,8)(H2,10,11,12). The maximum absolute atomic E-state index is 10.8. The van der Waals surface area contributed by atoms with Crippen LogP contribution in [0, 0.1) is 0 Å². The molecule has 78 valence electrons. The van der Waals surface area contributed by atoms with Gasteiger partial charge >= 0.3 is 7.82 Å². The lowest BCUT2D eigenvalue weighted by Crippen LogP contribution is -2.04. The second-order valence-corrected chi connectivity index (χ2v) is 3.67. The van der Waals surface area contributed by atoms with Gasteiger partial charge in [0.25, 0.3) is 0 Å². The summed E-state index contributed by atoms with van der Waals surface area (Å²) in [5.74, 6) is -0.610. The van der Waals surface area contributed by atoms with E-state index in [2.05, 4.69) is 9.51 Å². The molecular formula is C6H8NO6P. The molecule has 14 heavy (non-hydrogen) atoms. The molecule has 0 unspecified atom stereocenters. The Labute approximate surface area is 78.2 Å². The molecule has 0 atom stereocenters. The van der Waals surface area contributed by atoms with Crippen molar-refractivity contribution >= 4 is 7.82 Å². The maximum atomic E-state index is 10.8. The number of H-pyrrole nitrogens is 1. The van der Waals surface area contributed by atoms with Gasteiger partial charge in [-0.05, 0) is 0 Å².